The highest BCUT2D eigenvalue weighted by Gasteiger charge is 2.33. The van der Waals surface area contributed by atoms with Crippen LogP contribution in [0.5, 0.6) is 5.75 Å². The first-order valence-electron chi connectivity index (χ1n) is 10.0. The van der Waals surface area contributed by atoms with Gasteiger partial charge in [-0.05, 0) is 37.1 Å². The summed E-state index contributed by atoms with van der Waals surface area (Å²) in [6, 6.07) is 6.16. The predicted molar refractivity (Wildman–Crippen MR) is 103 cm³/mol. The minimum atomic E-state index is -0.295. The van der Waals surface area contributed by atoms with Crippen LogP contribution >= 0.6 is 0 Å². The lowest BCUT2D eigenvalue weighted by Crippen LogP contribution is -2.55. The molecule has 8 nitrogen and oxygen atoms in total. The SMILES string of the molecule is O=C1CO[C@H](COc2ccc(F)cc2)CN1C1CCN(CCn2cnnc2)CC1. The number of piperidine rings is 1. The van der Waals surface area contributed by atoms with Crippen molar-refractivity contribution in [3.05, 3.63) is 42.7 Å². The first kappa shape index (κ1) is 19.8. The van der Waals surface area contributed by atoms with Crippen LogP contribution in [0.1, 0.15) is 12.8 Å². The lowest BCUT2D eigenvalue weighted by atomic mass is 10.0. The molecule has 0 spiro atoms. The second-order valence-electron chi connectivity index (χ2n) is 7.52. The molecule has 9 heteroatoms. The molecular weight excluding hydrogens is 377 g/mol. The molecule has 0 N–H and O–H groups in total. The average molecular weight is 403 g/mol. The zero-order valence-corrected chi connectivity index (χ0v) is 16.3. The molecule has 1 atom stereocenters. The average Bonchev–Trinajstić information content (AvgIpc) is 3.27. The molecule has 2 fully saturated rings. The molecule has 0 saturated carbocycles. The number of benzene rings is 1. The summed E-state index contributed by atoms with van der Waals surface area (Å²) in [4.78, 5) is 16.8. The van der Waals surface area contributed by atoms with Gasteiger partial charge in [0.15, 0.2) is 0 Å². The van der Waals surface area contributed by atoms with E-state index in [0.29, 0.717) is 18.9 Å². The number of halogens is 1. The molecule has 2 aromatic rings. The second kappa shape index (κ2) is 9.32. The molecule has 0 radical (unpaired) electrons. The summed E-state index contributed by atoms with van der Waals surface area (Å²) in [6.07, 6.45) is 5.20. The fraction of sp³-hybridized carbons (Fsp3) is 0.550. The van der Waals surface area contributed by atoms with Crippen molar-refractivity contribution >= 4 is 5.91 Å². The van der Waals surface area contributed by atoms with Gasteiger partial charge in [-0.3, -0.25) is 4.79 Å². The van der Waals surface area contributed by atoms with Crippen molar-refractivity contribution in [3.8, 4) is 5.75 Å². The summed E-state index contributed by atoms with van der Waals surface area (Å²) in [5.74, 6) is 0.349. The van der Waals surface area contributed by atoms with Gasteiger partial charge in [0.2, 0.25) is 5.91 Å². The summed E-state index contributed by atoms with van der Waals surface area (Å²) in [5.41, 5.74) is 0. The third kappa shape index (κ3) is 5.30. The van der Waals surface area contributed by atoms with Crippen LogP contribution in [-0.4, -0.2) is 82.0 Å². The van der Waals surface area contributed by atoms with Gasteiger partial charge < -0.3 is 23.8 Å². The Morgan fingerprint density at radius 2 is 1.83 bits per heavy atom. The smallest absolute Gasteiger partial charge is 0.248 e. The Labute approximate surface area is 169 Å². The van der Waals surface area contributed by atoms with Gasteiger partial charge in [0.05, 0.1) is 6.54 Å². The molecule has 156 valence electrons. The molecule has 4 rings (SSSR count). The number of aromatic nitrogens is 3. The van der Waals surface area contributed by atoms with E-state index in [1.807, 2.05) is 9.47 Å². The summed E-state index contributed by atoms with van der Waals surface area (Å²) in [6.45, 7) is 4.72. The molecule has 1 aromatic carbocycles. The maximum atomic E-state index is 13.0. The molecular formula is C20H26FN5O3. The van der Waals surface area contributed by atoms with Crippen LogP contribution in [-0.2, 0) is 16.1 Å². The third-order valence-corrected chi connectivity index (χ3v) is 5.55. The number of carbonyl (C=O) groups excluding carboxylic acids is 1. The number of nitrogens with zero attached hydrogens (tertiary/aromatic N) is 5. The van der Waals surface area contributed by atoms with Gasteiger partial charge in [0, 0.05) is 32.2 Å². The molecule has 2 aliphatic heterocycles. The van der Waals surface area contributed by atoms with Crippen LogP contribution in [0, 0.1) is 5.82 Å². The highest BCUT2D eigenvalue weighted by Crippen LogP contribution is 2.21. The van der Waals surface area contributed by atoms with Gasteiger partial charge in [-0.15, -0.1) is 10.2 Å². The maximum Gasteiger partial charge on any atom is 0.248 e. The number of rotatable bonds is 7. The standard InChI is InChI=1S/C20H26FN5O3/c21-16-1-3-18(4-2-16)28-12-19-11-26(20(27)13-29-19)17-5-7-24(8-6-17)9-10-25-14-22-23-15-25/h1-4,14-15,17,19H,5-13H2/t19-/m0/s1. The zero-order valence-electron chi connectivity index (χ0n) is 16.3. The summed E-state index contributed by atoms with van der Waals surface area (Å²) in [7, 11) is 0. The van der Waals surface area contributed by atoms with Crippen molar-refractivity contribution in [2.75, 3.05) is 39.4 Å². The predicted octanol–water partition coefficient (Wildman–Crippen LogP) is 1.19. The molecule has 29 heavy (non-hydrogen) atoms. The normalized spacial score (nSPS) is 21.5. The Bertz CT molecular complexity index is 778. The van der Waals surface area contributed by atoms with Crippen LogP contribution in [0.25, 0.3) is 0 Å². The first-order chi connectivity index (χ1) is 14.2. The molecule has 3 heterocycles. The van der Waals surface area contributed by atoms with E-state index in [-0.39, 0.29) is 30.5 Å². The van der Waals surface area contributed by atoms with Crippen LogP contribution in [0.4, 0.5) is 4.39 Å². The highest BCUT2D eigenvalue weighted by molar-refractivity contribution is 5.78. The summed E-state index contributed by atoms with van der Waals surface area (Å²) < 4.78 is 26.3. The zero-order chi connectivity index (χ0) is 20.1. The van der Waals surface area contributed by atoms with E-state index in [1.54, 1.807) is 24.8 Å². The van der Waals surface area contributed by atoms with E-state index in [1.165, 1.54) is 12.1 Å². The Kier molecular flexibility index (Phi) is 6.36. The van der Waals surface area contributed by atoms with Gasteiger partial charge in [0.1, 0.15) is 43.5 Å². The first-order valence-corrected chi connectivity index (χ1v) is 10.0. The van der Waals surface area contributed by atoms with E-state index in [4.69, 9.17) is 9.47 Å². The van der Waals surface area contributed by atoms with E-state index in [9.17, 15) is 9.18 Å². The van der Waals surface area contributed by atoms with Crippen molar-refractivity contribution < 1.29 is 18.7 Å². The van der Waals surface area contributed by atoms with Gasteiger partial charge in [-0.1, -0.05) is 0 Å². The molecule has 1 amide bonds. The van der Waals surface area contributed by atoms with E-state index < -0.39 is 0 Å². The van der Waals surface area contributed by atoms with E-state index in [0.717, 1.165) is 39.0 Å². The number of likely N-dealkylation sites (tertiary alicyclic amines) is 1. The number of carbonyl (C=O) groups is 1. The lowest BCUT2D eigenvalue weighted by molar-refractivity contribution is -0.155. The number of hydrogen-bond donors (Lipinski definition) is 0. The monoisotopic (exact) mass is 403 g/mol. The fourth-order valence-corrected chi connectivity index (χ4v) is 3.87. The van der Waals surface area contributed by atoms with Crippen LogP contribution < -0.4 is 4.74 Å². The Balaban J connectivity index is 1.23. The van der Waals surface area contributed by atoms with Gasteiger partial charge >= 0.3 is 0 Å². The number of amides is 1. The second-order valence-corrected chi connectivity index (χ2v) is 7.52. The van der Waals surface area contributed by atoms with Crippen molar-refractivity contribution in [1.29, 1.82) is 0 Å². The van der Waals surface area contributed by atoms with Gasteiger partial charge in [-0.2, -0.15) is 0 Å². The Morgan fingerprint density at radius 1 is 1.10 bits per heavy atom. The minimum Gasteiger partial charge on any atom is -0.491 e. The molecule has 0 unspecified atom stereocenters. The topological polar surface area (TPSA) is 72.7 Å². The summed E-state index contributed by atoms with van der Waals surface area (Å²) in [5, 5.41) is 7.65. The van der Waals surface area contributed by atoms with Crippen molar-refractivity contribution in [1.82, 2.24) is 24.6 Å². The van der Waals surface area contributed by atoms with Gasteiger partial charge in [-0.25, -0.2) is 4.39 Å². The third-order valence-electron chi connectivity index (χ3n) is 5.55. The minimum absolute atomic E-state index is 0.0472. The van der Waals surface area contributed by atoms with E-state index >= 15 is 0 Å². The molecule has 2 aliphatic rings. The van der Waals surface area contributed by atoms with Crippen molar-refractivity contribution in [2.45, 2.75) is 31.5 Å². The highest BCUT2D eigenvalue weighted by atomic mass is 19.1. The molecule has 0 aliphatic carbocycles. The number of morpholine rings is 1. The molecule has 1 aromatic heterocycles. The number of ether oxygens (including phenoxy) is 2. The quantitative estimate of drug-likeness (QED) is 0.692. The largest absolute Gasteiger partial charge is 0.491 e. The van der Waals surface area contributed by atoms with Crippen LogP contribution in [0.15, 0.2) is 36.9 Å². The number of hydrogen-bond acceptors (Lipinski definition) is 6. The van der Waals surface area contributed by atoms with Crippen LogP contribution in [0.3, 0.4) is 0 Å². The van der Waals surface area contributed by atoms with Gasteiger partial charge in [0.25, 0.3) is 0 Å². The van der Waals surface area contributed by atoms with E-state index in [2.05, 4.69) is 15.1 Å². The molecule has 2 saturated heterocycles. The molecule has 0 bridgehead atoms. The van der Waals surface area contributed by atoms with Crippen LogP contribution in [0.2, 0.25) is 0 Å². The maximum absolute atomic E-state index is 13.0. The lowest BCUT2D eigenvalue weighted by Gasteiger charge is -2.42. The van der Waals surface area contributed by atoms with Crippen molar-refractivity contribution in [3.63, 3.8) is 0 Å². The van der Waals surface area contributed by atoms with Crippen molar-refractivity contribution in [2.24, 2.45) is 0 Å². The fourth-order valence-electron chi connectivity index (χ4n) is 3.87. The summed E-state index contributed by atoms with van der Waals surface area (Å²) >= 11 is 0. The Hall–Kier alpha value is -2.52. The Morgan fingerprint density at radius 3 is 2.55 bits per heavy atom.